The zero-order valence-corrected chi connectivity index (χ0v) is 14.3. The summed E-state index contributed by atoms with van der Waals surface area (Å²) in [6.07, 6.45) is 0. The van der Waals surface area contributed by atoms with E-state index in [1.165, 1.54) is 10.4 Å². The minimum atomic E-state index is 0.566. The lowest BCUT2D eigenvalue weighted by Gasteiger charge is -2.09. The number of rotatable bonds is 7. The van der Waals surface area contributed by atoms with Gasteiger partial charge < -0.3 is 10.1 Å². The van der Waals surface area contributed by atoms with Crippen molar-refractivity contribution in [2.24, 2.45) is 0 Å². The molecule has 0 spiro atoms. The highest BCUT2D eigenvalue weighted by atomic mass is 79.9. The molecule has 0 bridgehead atoms. The molecule has 0 unspecified atom stereocenters. The van der Waals surface area contributed by atoms with Crippen LogP contribution in [0.3, 0.4) is 0 Å². The summed E-state index contributed by atoms with van der Waals surface area (Å²) in [5.74, 6) is 1.51. The Hall–Kier alpha value is -0.840. The minimum Gasteiger partial charge on any atom is -0.492 e. The van der Waals surface area contributed by atoms with Crippen molar-refractivity contribution >= 4 is 27.3 Å². The number of benzene rings is 1. The summed E-state index contributed by atoms with van der Waals surface area (Å²) in [5, 5.41) is 5.48. The number of halogens is 1. The van der Waals surface area contributed by atoms with Crippen molar-refractivity contribution in [1.29, 1.82) is 0 Å². The van der Waals surface area contributed by atoms with Gasteiger partial charge in [-0.25, -0.2) is 0 Å². The van der Waals surface area contributed by atoms with Crippen molar-refractivity contribution < 1.29 is 4.74 Å². The maximum absolute atomic E-state index is 5.72. The predicted octanol–water partition coefficient (Wildman–Crippen LogP) is 4.80. The average Bonchev–Trinajstić information content (AvgIpc) is 2.84. The van der Waals surface area contributed by atoms with Crippen molar-refractivity contribution in [2.45, 2.75) is 26.3 Å². The molecule has 108 valence electrons. The van der Waals surface area contributed by atoms with Gasteiger partial charge in [0.05, 0.1) is 0 Å². The molecule has 4 heteroatoms. The molecule has 0 amide bonds. The van der Waals surface area contributed by atoms with Crippen LogP contribution in [0.15, 0.2) is 40.2 Å². The van der Waals surface area contributed by atoms with E-state index in [4.69, 9.17) is 4.74 Å². The summed E-state index contributed by atoms with van der Waals surface area (Å²) in [5.41, 5.74) is 1.35. The zero-order valence-electron chi connectivity index (χ0n) is 11.9. The summed E-state index contributed by atoms with van der Waals surface area (Å²) in [6.45, 7) is 6.83. The van der Waals surface area contributed by atoms with Gasteiger partial charge in [0.1, 0.15) is 12.4 Å². The molecule has 0 fully saturated rings. The van der Waals surface area contributed by atoms with Gasteiger partial charge in [-0.1, -0.05) is 26.0 Å². The van der Waals surface area contributed by atoms with Gasteiger partial charge in [0.15, 0.2) is 0 Å². The Labute approximate surface area is 133 Å². The highest BCUT2D eigenvalue weighted by molar-refractivity contribution is 9.10. The molecule has 0 aliphatic rings. The van der Waals surface area contributed by atoms with Crippen LogP contribution in [0.4, 0.5) is 0 Å². The zero-order chi connectivity index (χ0) is 14.4. The molecule has 2 nitrogen and oxygen atoms in total. The van der Waals surface area contributed by atoms with E-state index >= 15 is 0 Å². The second-order valence-electron chi connectivity index (χ2n) is 4.98. The van der Waals surface area contributed by atoms with E-state index in [2.05, 4.69) is 58.7 Å². The Morgan fingerprint density at radius 1 is 1.25 bits per heavy atom. The first-order valence-corrected chi connectivity index (χ1v) is 8.49. The number of nitrogens with one attached hydrogen (secondary N) is 1. The standard InChI is InChI=1S/C16H20BrNOS/c1-12(2)13-3-5-15(6-4-13)19-8-7-18-10-16-9-14(17)11-20-16/h3-6,9,11-12,18H,7-8,10H2,1-2H3. The van der Waals surface area contributed by atoms with Crippen molar-refractivity contribution in [3.05, 3.63) is 50.6 Å². The lowest BCUT2D eigenvalue weighted by Crippen LogP contribution is -2.20. The van der Waals surface area contributed by atoms with Crippen LogP contribution < -0.4 is 10.1 Å². The van der Waals surface area contributed by atoms with Gasteiger partial charge in [0.25, 0.3) is 0 Å². The van der Waals surface area contributed by atoms with Gasteiger partial charge in [-0.2, -0.15) is 0 Å². The first-order chi connectivity index (χ1) is 9.65. The SMILES string of the molecule is CC(C)c1ccc(OCCNCc2cc(Br)cs2)cc1. The van der Waals surface area contributed by atoms with Gasteiger partial charge in [-0.05, 0) is 45.6 Å². The smallest absolute Gasteiger partial charge is 0.119 e. The van der Waals surface area contributed by atoms with E-state index < -0.39 is 0 Å². The summed E-state index contributed by atoms with van der Waals surface area (Å²) in [4.78, 5) is 1.33. The fourth-order valence-electron chi connectivity index (χ4n) is 1.85. The number of thiophene rings is 1. The normalized spacial score (nSPS) is 11.0. The Bertz CT molecular complexity index is 522. The minimum absolute atomic E-state index is 0.566. The molecule has 0 saturated heterocycles. The molecule has 1 aromatic carbocycles. The summed E-state index contributed by atoms with van der Waals surface area (Å²) >= 11 is 5.22. The van der Waals surface area contributed by atoms with Crippen LogP contribution in [-0.2, 0) is 6.54 Å². The first kappa shape index (κ1) is 15.5. The second-order valence-corrected chi connectivity index (χ2v) is 6.89. The van der Waals surface area contributed by atoms with Crippen LogP contribution in [0, 0.1) is 0 Å². The van der Waals surface area contributed by atoms with Crippen LogP contribution in [0.1, 0.15) is 30.2 Å². The maximum Gasteiger partial charge on any atom is 0.119 e. The Balaban J connectivity index is 1.65. The molecule has 0 radical (unpaired) electrons. The summed E-state index contributed by atoms with van der Waals surface area (Å²) < 4.78 is 6.87. The van der Waals surface area contributed by atoms with E-state index in [9.17, 15) is 0 Å². The number of ether oxygens (including phenoxy) is 1. The molecule has 20 heavy (non-hydrogen) atoms. The second kappa shape index (κ2) is 7.81. The third-order valence-electron chi connectivity index (χ3n) is 3.02. The lowest BCUT2D eigenvalue weighted by atomic mass is 10.0. The fourth-order valence-corrected chi connectivity index (χ4v) is 3.27. The van der Waals surface area contributed by atoms with Crippen LogP contribution >= 0.6 is 27.3 Å². The Morgan fingerprint density at radius 2 is 2.00 bits per heavy atom. The highest BCUT2D eigenvalue weighted by Crippen LogP contribution is 2.19. The van der Waals surface area contributed by atoms with Crippen LogP contribution in [0.5, 0.6) is 5.75 Å². The van der Waals surface area contributed by atoms with E-state index in [1.807, 2.05) is 12.1 Å². The molecule has 0 saturated carbocycles. The van der Waals surface area contributed by atoms with Crippen molar-refractivity contribution in [2.75, 3.05) is 13.2 Å². The molecule has 0 aliphatic carbocycles. The summed E-state index contributed by atoms with van der Waals surface area (Å²) in [7, 11) is 0. The molecule has 2 rings (SSSR count). The monoisotopic (exact) mass is 353 g/mol. The number of hydrogen-bond donors (Lipinski definition) is 1. The predicted molar refractivity (Wildman–Crippen MR) is 89.8 cm³/mol. The van der Waals surface area contributed by atoms with Crippen molar-refractivity contribution in [3.63, 3.8) is 0 Å². The third kappa shape index (κ3) is 4.93. The van der Waals surface area contributed by atoms with Gasteiger partial charge in [-0.3, -0.25) is 0 Å². The van der Waals surface area contributed by atoms with Crippen LogP contribution in [0.2, 0.25) is 0 Å². The quantitative estimate of drug-likeness (QED) is 0.721. The lowest BCUT2D eigenvalue weighted by molar-refractivity contribution is 0.314. The molecule has 2 aromatic rings. The molecule has 1 heterocycles. The molecular weight excluding hydrogens is 334 g/mol. The molecule has 0 aliphatic heterocycles. The van der Waals surface area contributed by atoms with E-state index in [-0.39, 0.29) is 0 Å². The van der Waals surface area contributed by atoms with Crippen molar-refractivity contribution in [1.82, 2.24) is 5.32 Å². The van der Waals surface area contributed by atoms with E-state index in [0.717, 1.165) is 23.3 Å². The van der Waals surface area contributed by atoms with Gasteiger partial charge in [0, 0.05) is 27.8 Å². The van der Waals surface area contributed by atoms with Gasteiger partial charge in [-0.15, -0.1) is 11.3 Å². The van der Waals surface area contributed by atoms with Crippen molar-refractivity contribution in [3.8, 4) is 5.75 Å². The number of hydrogen-bond acceptors (Lipinski definition) is 3. The Morgan fingerprint density at radius 3 is 2.60 bits per heavy atom. The molecule has 0 atom stereocenters. The topological polar surface area (TPSA) is 21.3 Å². The van der Waals surface area contributed by atoms with Gasteiger partial charge >= 0.3 is 0 Å². The highest BCUT2D eigenvalue weighted by Gasteiger charge is 2.00. The third-order valence-corrected chi connectivity index (χ3v) is 4.71. The maximum atomic E-state index is 5.72. The van der Waals surface area contributed by atoms with Gasteiger partial charge in [0.2, 0.25) is 0 Å². The molecule has 1 N–H and O–H groups in total. The summed E-state index contributed by atoms with van der Waals surface area (Å²) in [6, 6.07) is 10.5. The largest absolute Gasteiger partial charge is 0.492 e. The van der Waals surface area contributed by atoms with E-state index in [1.54, 1.807) is 11.3 Å². The van der Waals surface area contributed by atoms with E-state index in [0.29, 0.717) is 12.5 Å². The molecular formula is C16H20BrNOS. The first-order valence-electron chi connectivity index (χ1n) is 6.81. The average molecular weight is 354 g/mol. The molecule has 1 aromatic heterocycles. The fraction of sp³-hybridized carbons (Fsp3) is 0.375. The van der Waals surface area contributed by atoms with Crippen LogP contribution in [-0.4, -0.2) is 13.2 Å². The van der Waals surface area contributed by atoms with Crippen LogP contribution in [0.25, 0.3) is 0 Å². The Kier molecular flexibility index (Phi) is 6.07.